The molecule has 1 aromatic heterocycles. The van der Waals surface area contributed by atoms with Gasteiger partial charge < -0.3 is 0 Å². The lowest BCUT2D eigenvalue weighted by Gasteiger charge is -2.22. The highest BCUT2D eigenvalue weighted by atomic mass is 79.9. The molecule has 37 heavy (non-hydrogen) atoms. The summed E-state index contributed by atoms with van der Waals surface area (Å²) < 4.78 is 3.59. The summed E-state index contributed by atoms with van der Waals surface area (Å²) >= 11 is 6.96. The fourth-order valence-corrected chi connectivity index (χ4v) is 4.96. The van der Waals surface area contributed by atoms with Gasteiger partial charge in [-0.15, -0.1) is 0 Å². The van der Waals surface area contributed by atoms with E-state index < -0.39 is 4.92 Å². The van der Waals surface area contributed by atoms with E-state index in [4.69, 9.17) is 4.98 Å². The van der Waals surface area contributed by atoms with E-state index in [1.54, 1.807) is 10.6 Å². The third-order valence-corrected chi connectivity index (χ3v) is 7.36. The molecule has 0 spiro atoms. The predicted octanol–water partition coefficient (Wildman–Crippen LogP) is 7.25. The summed E-state index contributed by atoms with van der Waals surface area (Å²) in [6, 6.07) is 30.1. The molecule has 0 aliphatic carbocycles. The van der Waals surface area contributed by atoms with Crippen LogP contribution in [-0.2, 0) is 13.0 Å². The van der Waals surface area contributed by atoms with Crippen LogP contribution in [0.4, 0.5) is 5.69 Å². The molecule has 0 bridgehead atoms. The first-order valence-corrected chi connectivity index (χ1v) is 13.2. The number of nitro groups is 1. The number of non-ortho nitro benzene ring substituents is 1. The van der Waals surface area contributed by atoms with Crippen LogP contribution in [-0.4, -0.2) is 14.5 Å². The lowest BCUT2D eigenvalue weighted by atomic mass is 9.90. The van der Waals surface area contributed by atoms with Crippen molar-refractivity contribution < 1.29 is 4.92 Å². The standard InChI is InChI=1S/C29H21Br2N3O3/c30-22-10-6-19(7-11-22)16-25(21-4-2-1-3-5-21)28-32-27-15-14-24(34(36)37)17-26(27)29(35)33(28)18-20-8-12-23(31)13-9-20/h1-15,17,25H,16,18H2/t25-/m0/s1. The quantitative estimate of drug-likeness (QED) is 0.142. The monoisotopic (exact) mass is 617 g/mol. The molecule has 1 atom stereocenters. The Balaban J connectivity index is 1.74. The van der Waals surface area contributed by atoms with E-state index in [9.17, 15) is 14.9 Å². The zero-order valence-corrected chi connectivity index (χ0v) is 22.7. The van der Waals surface area contributed by atoms with Gasteiger partial charge in [-0.05, 0) is 53.4 Å². The highest BCUT2D eigenvalue weighted by Crippen LogP contribution is 2.30. The fourth-order valence-electron chi connectivity index (χ4n) is 4.43. The maximum atomic E-state index is 13.9. The van der Waals surface area contributed by atoms with Gasteiger partial charge in [0.1, 0.15) is 5.82 Å². The maximum Gasteiger partial charge on any atom is 0.270 e. The van der Waals surface area contributed by atoms with E-state index in [1.807, 2.05) is 66.7 Å². The van der Waals surface area contributed by atoms with Crippen LogP contribution in [0.3, 0.4) is 0 Å². The third kappa shape index (κ3) is 5.55. The van der Waals surface area contributed by atoms with Crippen LogP contribution in [0.5, 0.6) is 0 Å². The van der Waals surface area contributed by atoms with Crippen LogP contribution < -0.4 is 5.56 Å². The van der Waals surface area contributed by atoms with Gasteiger partial charge in [0.05, 0.1) is 22.4 Å². The van der Waals surface area contributed by atoms with Crippen molar-refractivity contribution in [3.63, 3.8) is 0 Å². The smallest absolute Gasteiger partial charge is 0.270 e. The second kappa shape index (κ2) is 10.8. The average molecular weight is 619 g/mol. The molecule has 0 amide bonds. The van der Waals surface area contributed by atoms with Crippen LogP contribution in [0.25, 0.3) is 10.9 Å². The van der Waals surface area contributed by atoms with Crippen molar-refractivity contribution >= 4 is 48.5 Å². The first kappa shape index (κ1) is 25.0. The Bertz CT molecular complexity index is 1630. The van der Waals surface area contributed by atoms with Gasteiger partial charge >= 0.3 is 0 Å². The van der Waals surface area contributed by atoms with Gasteiger partial charge in [-0.2, -0.15) is 0 Å². The summed E-state index contributed by atoms with van der Waals surface area (Å²) in [5.41, 5.74) is 3.06. The highest BCUT2D eigenvalue weighted by Gasteiger charge is 2.24. The first-order valence-electron chi connectivity index (χ1n) is 11.6. The molecule has 0 N–H and O–H groups in total. The number of hydrogen-bond donors (Lipinski definition) is 0. The largest absolute Gasteiger partial charge is 0.291 e. The molecular formula is C29H21Br2N3O3. The fraction of sp³-hybridized carbons (Fsp3) is 0.103. The van der Waals surface area contributed by atoms with Gasteiger partial charge in [0.25, 0.3) is 11.2 Å². The van der Waals surface area contributed by atoms with Crippen LogP contribution in [0.2, 0.25) is 0 Å². The van der Waals surface area contributed by atoms with Gasteiger partial charge in [-0.25, -0.2) is 4.98 Å². The van der Waals surface area contributed by atoms with Gasteiger partial charge in [-0.1, -0.05) is 86.5 Å². The number of halogens is 2. The molecule has 184 valence electrons. The average Bonchev–Trinajstić information content (AvgIpc) is 2.91. The third-order valence-electron chi connectivity index (χ3n) is 6.30. The van der Waals surface area contributed by atoms with Gasteiger partial charge in [-0.3, -0.25) is 19.5 Å². The molecule has 0 aliphatic heterocycles. The van der Waals surface area contributed by atoms with Crippen molar-refractivity contribution in [3.8, 4) is 0 Å². The molecular weight excluding hydrogens is 598 g/mol. The zero-order valence-electron chi connectivity index (χ0n) is 19.6. The molecule has 5 aromatic rings. The topological polar surface area (TPSA) is 78.0 Å². The van der Waals surface area contributed by atoms with Gasteiger partial charge in [0.15, 0.2) is 0 Å². The minimum Gasteiger partial charge on any atom is -0.291 e. The highest BCUT2D eigenvalue weighted by molar-refractivity contribution is 9.10. The second-order valence-electron chi connectivity index (χ2n) is 8.74. The van der Waals surface area contributed by atoms with Crippen LogP contribution in [0.15, 0.2) is 111 Å². The number of hydrogen-bond acceptors (Lipinski definition) is 4. The number of aromatic nitrogens is 2. The number of fused-ring (bicyclic) bond motifs is 1. The molecule has 1 heterocycles. The SMILES string of the molecule is O=c1c2cc([N+](=O)[O-])ccc2nc([C@@H](Cc2ccc(Br)cc2)c2ccccc2)n1Cc1ccc(Br)cc1. The summed E-state index contributed by atoms with van der Waals surface area (Å²) in [6.45, 7) is 0.288. The van der Waals surface area contributed by atoms with Crippen molar-refractivity contribution in [2.24, 2.45) is 0 Å². The van der Waals surface area contributed by atoms with Crippen LogP contribution in [0.1, 0.15) is 28.4 Å². The number of nitrogens with zero attached hydrogens (tertiary/aromatic N) is 3. The molecule has 6 nitrogen and oxygen atoms in total. The number of rotatable bonds is 7. The minimum atomic E-state index is -0.494. The summed E-state index contributed by atoms with van der Waals surface area (Å²) in [6.07, 6.45) is 0.628. The minimum absolute atomic E-state index is 0.135. The maximum absolute atomic E-state index is 13.9. The van der Waals surface area contributed by atoms with Crippen LogP contribution in [0, 0.1) is 10.1 Å². The Morgan fingerprint density at radius 2 is 1.46 bits per heavy atom. The van der Waals surface area contributed by atoms with Crippen molar-refractivity contribution in [2.45, 2.75) is 18.9 Å². The summed E-state index contributed by atoms with van der Waals surface area (Å²) in [5, 5.41) is 11.6. The molecule has 8 heteroatoms. The lowest BCUT2D eigenvalue weighted by molar-refractivity contribution is -0.384. The Labute approximate surface area is 230 Å². The molecule has 5 rings (SSSR count). The summed E-state index contributed by atoms with van der Waals surface area (Å²) in [5.74, 6) is 0.397. The molecule has 4 aromatic carbocycles. The van der Waals surface area contributed by atoms with E-state index in [0.29, 0.717) is 17.8 Å². The summed E-state index contributed by atoms with van der Waals surface area (Å²) in [7, 11) is 0. The van der Waals surface area contributed by atoms with E-state index in [1.165, 1.54) is 12.1 Å². The van der Waals surface area contributed by atoms with Gasteiger partial charge in [0.2, 0.25) is 0 Å². The number of nitro benzene ring substituents is 1. The van der Waals surface area contributed by atoms with Crippen molar-refractivity contribution in [2.75, 3.05) is 0 Å². The lowest BCUT2D eigenvalue weighted by Crippen LogP contribution is -2.28. The van der Waals surface area contributed by atoms with E-state index >= 15 is 0 Å². The van der Waals surface area contributed by atoms with E-state index in [2.05, 4.69) is 44.0 Å². The molecule has 0 unspecified atom stereocenters. The van der Waals surface area contributed by atoms with Crippen molar-refractivity contribution in [1.82, 2.24) is 9.55 Å². The van der Waals surface area contributed by atoms with Crippen molar-refractivity contribution in [1.29, 1.82) is 0 Å². The first-order chi connectivity index (χ1) is 17.9. The van der Waals surface area contributed by atoms with Gasteiger partial charge in [0, 0.05) is 27.0 Å². The molecule has 0 radical (unpaired) electrons. The van der Waals surface area contributed by atoms with Crippen molar-refractivity contribution in [3.05, 3.63) is 149 Å². The molecule has 0 fully saturated rings. The predicted molar refractivity (Wildman–Crippen MR) is 152 cm³/mol. The Hall–Kier alpha value is -3.62. The Morgan fingerprint density at radius 3 is 2.08 bits per heavy atom. The Morgan fingerprint density at radius 1 is 0.838 bits per heavy atom. The molecule has 0 saturated carbocycles. The Kier molecular flexibility index (Phi) is 7.30. The molecule has 0 saturated heterocycles. The van der Waals surface area contributed by atoms with E-state index in [-0.39, 0.29) is 29.1 Å². The molecule has 0 aliphatic rings. The van der Waals surface area contributed by atoms with E-state index in [0.717, 1.165) is 25.6 Å². The summed E-state index contributed by atoms with van der Waals surface area (Å²) in [4.78, 5) is 29.8. The normalized spacial score (nSPS) is 11.9. The van der Waals surface area contributed by atoms with Crippen LogP contribution >= 0.6 is 31.9 Å². The zero-order chi connectivity index (χ0) is 25.9. The second-order valence-corrected chi connectivity index (χ2v) is 10.6. The number of benzene rings is 4.